The van der Waals surface area contributed by atoms with Crippen LogP contribution in [0, 0.1) is 6.92 Å². The summed E-state index contributed by atoms with van der Waals surface area (Å²) in [7, 11) is 3.30. The number of ether oxygens (including phenoxy) is 1. The van der Waals surface area contributed by atoms with Gasteiger partial charge in [0.15, 0.2) is 0 Å². The fourth-order valence-electron chi connectivity index (χ4n) is 3.80. The molecule has 2 N–H and O–H groups in total. The zero-order valence-corrected chi connectivity index (χ0v) is 17.4. The maximum Gasteiger partial charge on any atom is 0.341 e. The van der Waals surface area contributed by atoms with Gasteiger partial charge in [-0.05, 0) is 62.1 Å². The Bertz CT molecular complexity index is 897. The number of nitrogens with zero attached hydrogens (tertiary/aromatic N) is 1. The summed E-state index contributed by atoms with van der Waals surface area (Å²) in [6, 6.07) is -0.301. The summed E-state index contributed by atoms with van der Waals surface area (Å²) >= 11 is 0. The fourth-order valence-corrected chi connectivity index (χ4v) is 3.80. The van der Waals surface area contributed by atoms with E-state index >= 15 is 0 Å². The molecule has 0 spiro atoms. The van der Waals surface area contributed by atoms with Gasteiger partial charge in [-0.25, -0.2) is 9.59 Å². The molecule has 7 heteroatoms. The van der Waals surface area contributed by atoms with Crippen molar-refractivity contribution in [3.8, 4) is 0 Å². The van der Waals surface area contributed by atoms with Crippen LogP contribution in [-0.2, 0) is 22.6 Å². The summed E-state index contributed by atoms with van der Waals surface area (Å²) in [5.41, 5.74) is 6.03. The lowest BCUT2D eigenvalue weighted by Gasteiger charge is -2.22. The molecule has 0 aromatic heterocycles. The van der Waals surface area contributed by atoms with Crippen molar-refractivity contribution in [3.05, 3.63) is 39.5 Å². The van der Waals surface area contributed by atoms with Gasteiger partial charge in [-0.2, -0.15) is 0 Å². The molecule has 1 aliphatic heterocycles. The van der Waals surface area contributed by atoms with Crippen molar-refractivity contribution < 1.29 is 24.2 Å². The second-order valence-corrected chi connectivity index (χ2v) is 8.07. The molecule has 0 unspecified atom stereocenters. The Labute approximate surface area is 170 Å². The molecule has 1 aromatic carbocycles. The monoisotopic (exact) mass is 400 g/mol. The molecule has 1 saturated carbocycles. The minimum absolute atomic E-state index is 0.0809. The number of benzene rings is 1. The maximum atomic E-state index is 12.5. The largest absolute Gasteiger partial charge is 0.481 e. The van der Waals surface area contributed by atoms with Crippen molar-refractivity contribution in [2.45, 2.75) is 58.5 Å². The third kappa shape index (κ3) is 4.44. The molecule has 1 aromatic rings. The number of urea groups is 1. The molecular weight excluding hydrogens is 372 g/mol. The molecule has 0 atom stereocenters. The molecule has 7 nitrogen and oxygen atoms in total. The average Bonchev–Trinajstić information content (AvgIpc) is 3.42. The van der Waals surface area contributed by atoms with E-state index in [9.17, 15) is 14.4 Å². The summed E-state index contributed by atoms with van der Waals surface area (Å²) < 4.78 is 5.30. The molecule has 1 aliphatic carbocycles. The van der Waals surface area contributed by atoms with E-state index in [1.807, 2.05) is 19.9 Å². The second-order valence-electron chi connectivity index (χ2n) is 8.07. The van der Waals surface area contributed by atoms with Crippen LogP contribution in [0.15, 0.2) is 11.6 Å². The fraction of sp³-hybridized carbons (Fsp3) is 0.500. The molecule has 3 rings (SSSR count). The Kier molecular flexibility index (Phi) is 5.96. The lowest BCUT2D eigenvalue weighted by molar-refractivity contribution is -0.136. The van der Waals surface area contributed by atoms with Gasteiger partial charge in [0, 0.05) is 26.1 Å². The number of cyclic esters (lactones) is 1. The number of amides is 2. The SMILES string of the molecule is C/C(=C\Cc1c(NC(=O)N(C)C)c2c(c(C)c1C1CC1)COC2=O)CCC(=O)O. The molecule has 0 radical (unpaired) electrons. The Morgan fingerprint density at radius 3 is 2.55 bits per heavy atom. The molecule has 29 heavy (non-hydrogen) atoms. The van der Waals surface area contributed by atoms with Crippen LogP contribution in [0.1, 0.15) is 71.1 Å². The van der Waals surface area contributed by atoms with Crippen LogP contribution in [0.3, 0.4) is 0 Å². The number of esters is 1. The minimum Gasteiger partial charge on any atom is -0.481 e. The normalized spacial score (nSPS) is 15.7. The van der Waals surface area contributed by atoms with Crippen LogP contribution < -0.4 is 5.32 Å². The highest BCUT2D eigenvalue weighted by Gasteiger charge is 2.36. The molecule has 1 fully saturated rings. The highest BCUT2D eigenvalue weighted by atomic mass is 16.5. The van der Waals surface area contributed by atoms with Crippen LogP contribution in [-0.4, -0.2) is 42.1 Å². The minimum atomic E-state index is -0.827. The van der Waals surface area contributed by atoms with Gasteiger partial charge >= 0.3 is 18.0 Å². The third-order valence-corrected chi connectivity index (χ3v) is 5.60. The van der Waals surface area contributed by atoms with Gasteiger partial charge in [0.1, 0.15) is 6.61 Å². The van der Waals surface area contributed by atoms with E-state index in [1.54, 1.807) is 14.1 Å². The first-order chi connectivity index (χ1) is 13.7. The predicted molar refractivity (Wildman–Crippen MR) is 109 cm³/mol. The first kappa shape index (κ1) is 20.9. The highest BCUT2D eigenvalue weighted by molar-refractivity contribution is 6.05. The van der Waals surface area contributed by atoms with Crippen molar-refractivity contribution in [2.24, 2.45) is 0 Å². The summed E-state index contributed by atoms with van der Waals surface area (Å²) in [6.45, 7) is 4.17. The predicted octanol–water partition coefficient (Wildman–Crippen LogP) is 3.99. The maximum absolute atomic E-state index is 12.5. The quantitative estimate of drug-likeness (QED) is 0.533. The Morgan fingerprint density at radius 2 is 1.97 bits per heavy atom. The number of carbonyl (C=O) groups is 3. The average molecular weight is 400 g/mol. The van der Waals surface area contributed by atoms with E-state index in [-0.39, 0.29) is 19.1 Å². The number of hydrogen-bond acceptors (Lipinski definition) is 4. The van der Waals surface area contributed by atoms with Crippen molar-refractivity contribution in [1.29, 1.82) is 0 Å². The standard InChI is InChI=1S/C22H28N2O5/c1-12(6-10-17(25)26)5-9-15-18(14-7-8-14)13(2)16-11-29-21(27)19(16)20(15)23-22(28)24(3)4/h5,14H,6-11H2,1-4H3,(H,23,28)(H,25,26)/b12-5+. The Morgan fingerprint density at radius 1 is 1.28 bits per heavy atom. The molecular formula is C22H28N2O5. The van der Waals surface area contributed by atoms with E-state index in [1.165, 1.54) is 10.5 Å². The number of carboxylic acid groups (broad SMARTS) is 1. The van der Waals surface area contributed by atoms with Gasteiger partial charge in [-0.15, -0.1) is 0 Å². The van der Waals surface area contributed by atoms with Crippen molar-refractivity contribution in [1.82, 2.24) is 4.90 Å². The van der Waals surface area contributed by atoms with Crippen LogP contribution in [0.2, 0.25) is 0 Å². The molecule has 1 heterocycles. The van der Waals surface area contributed by atoms with Gasteiger partial charge in [-0.1, -0.05) is 11.6 Å². The number of fused-ring (bicyclic) bond motifs is 1. The third-order valence-electron chi connectivity index (χ3n) is 5.60. The number of allylic oxidation sites excluding steroid dienone is 2. The van der Waals surface area contributed by atoms with Crippen molar-refractivity contribution in [2.75, 3.05) is 19.4 Å². The lowest BCUT2D eigenvalue weighted by Crippen LogP contribution is -2.29. The molecule has 156 valence electrons. The van der Waals surface area contributed by atoms with Crippen LogP contribution in [0.5, 0.6) is 0 Å². The summed E-state index contributed by atoms with van der Waals surface area (Å²) in [6.07, 6.45) is 5.26. The van der Waals surface area contributed by atoms with Gasteiger partial charge < -0.3 is 20.1 Å². The first-order valence-electron chi connectivity index (χ1n) is 9.91. The molecule has 0 saturated heterocycles. The van der Waals surface area contributed by atoms with E-state index < -0.39 is 11.9 Å². The van der Waals surface area contributed by atoms with Gasteiger partial charge in [0.25, 0.3) is 0 Å². The summed E-state index contributed by atoms with van der Waals surface area (Å²) in [5.74, 6) is -0.812. The van der Waals surface area contributed by atoms with E-state index in [0.717, 1.165) is 35.1 Å². The smallest absolute Gasteiger partial charge is 0.341 e. The van der Waals surface area contributed by atoms with Crippen LogP contribution in [0.25, 0.3) is 0 Å². The van der Waals surface area contributed by atoms with Gasteiger partial charge in [0.05, 0.1) is 11.3 Å². The zero-order valence-electron chi connectivity index (χ0n) is 17.4. The summed E-state index contributed by atoms with van der Waals surface area (Å²) in [5, 5.41) is 11.8. The number of nitrogens with one attached hydrogen (secondary N) is 1. The van der Waals surface area contributed by atoms with Gasteiger partial charge in [0.2, 0.25) is 0 Å². The van der Waals surface area contributed by atoms with Crippen LogP contribution in [0.4, 0.5) is 10.5 Å². The number of carboxylic acids is 1. The number of rotatable bonds is 7. The first-order valence-corrected chi connectivity index (χ1v) is 9.91. The summed E-state index contributed by atoms with van der Waals surface area (Å²) in [4.78, 5) is 37.2. The van der Waals surface area contributed by atoms with Crippen molar-refractivity contribution in [3.63, 3.8) is 0 Å². The molecule has 2 aliphatic rings. The number of aliphatic carboxylic acids is 1. The number of carbonyl (C=O) groups excluding carboxylic acids is 2. The van der Waals surface area contributed by atoms with E-state index in [0.29, 0.717) is 30.0 Å². The second kappa shape index (κ2) is 8.27. The lowest BCUT2D eigenvalue weighted by atomic mass is 9.87. The number of hydrogen-bond donors (Lipinski definition) is 2. The van der Waals surface area contributed by atoms with Crippen LogP contribution >= 0.6 is 0 Å². The molecule has 2 amide bonds. The Hall–Kier alpha value is -2.83. The van der Waals surface area contributed by atoms with Gasteiger partial charge in [-0.3, -0.25) is 4.79 Å². The molecule has 0 bridgehead atoms. The zero-order chi connectivity index (χ0) is 21.3. The Balaban J connectivity index is 2.08. The van der Waals surface area contributed by atoms with E-state index in [2.05, 4.69) is 5.32 Å². The number of anilines is 1. The van der Waals surface area contributed by atoms with E-state index in [4.69, 9.17) is 9.84 Å². The topological polar surface area (TPSA) is 95.9 Å². The highest BCUT2D eigenvalue weighted by Crippen LogP contribution is 2.48. The van der Waals surface area contributed by atoms with Crippen molar-refractivity contribution >= 4 is 23.7 Å².